The predicted molar refractivity (Wildman–Crippen MR) is 99.5 cm³/mol. The Labute approximate surface area is 151 Å². The van der Waals surface area contributed by atoms with Gasteiger partial charge in [0.2, 0.25) is 0 Å². The van der Waals surface area contributed by atoms with E-state index in [0.717, 1.165) is 52.3 Å². The predicted octanol–water partition coefficient (Wildman–Crippen LogP) is 2.55. The smallest absolute Gasteiger partial charge is 0.307 e. The van der Waals surface area contributed by atoms with Crippen molar-refractivity contribution in [3.8, 4) is 0 Å². The molecule has 1 aromatic rings. The fourth-order valence-electron chi connectivity index (χ4n) is 3.02. The number of piperazine rings is 1. The largest absolute Gasteiger partial charge is 0.466 e. The Bertz CT molecular complexity index is 473. The SMILES string of the molecule is CCOC(=O)CCN1CCN(CCCCOCc2ccccc2)CC1. The topological polar surface area (TPSA) is 42.0 Å². The maximum Gasteiger partial charge on any atom is 0.307 e. The van der Waals surface area contributed by atoms with Gasteiger partial charge >= 0.3 is 5.97 Å². The van der Waals surface area contributed by atoms with Gasteiger partial charge in [-0.2, -0.15) is 0 Å². The van der Waals surface area contributed by atoms with E-state index in [1.165, 1.54) is 12.0 Å². The van der Waals surface area contributed by atoms with Crippen LogP contribution >= 0.6 is 0 Å². The second-order valence-electron chi connectivity index (χ2n) is 6.48. The van der Waals surface area contributed by atoms with Gasteiger partial charge in [0.1, 0.15) is 0 Å². The third kappa shape index (κ3) is 8.47. The molecular weight excluding hydrogens is 316 g/mol. The fourth-order valence-corrected chi connectivity index (χ4v) is 3.02. The summed E-state index contributed by atoms with van der Waals surface area (Å²) in [7, 11) is 0. The maximum absolute atomic E-state index is 11.4. The lowest BCUT2D eigenvalue weighted by molar-refractivity contribution is -0.143. The number of carbonyl (C=O) groups is 1. The number of hydrogen-bond acceptors (Lipinski definition) is 5. The normalized spacial score (nSPS) is 16.0. The van der Waals surface area contributed by atoms with Gasteiger partial charge in [0.05, 0.1) is 19.6 Å². The molecule has 1 heterocycles. The minimum Gasteiger partial charge on any atom is -0.466 e. The summed E-state index contributed by atoms with van der Waals surface area (Å²) in [6, 6.07) is 10.3. The number of hydrogen-bond donors (Lipinski definition) is 0. The van der Waals surface area contributed by atoms with E-state index in [1.807, 2.05) is 25.1 Å². The number of rotatable bonds is 11. The van der Waals surface area contributed by atoms with Gasteiger partial charge in [-0.3, -0.25) is 4.79 Å². The molecule has 0 radical (unpaired) electrons. The van der Waals surface area contributed by atoms with Crippen molar-refractivity contribution < 1.29 is 14.3 Å². The van der Waals surface area contributed by atoms with Gasteiger partial charge in [0.25, 0.3) is 0 Å². The molecule has 1 saturated heterocycles. The summed E-state index contributed by atoms with van der Waals surface area (Å²) in [6.07, 6.45) is 2.79. The molecule has 0 saturated carbocycles. The first-order valence-electron chi connectivity index (χ1n) is 9.50. The number of benzene rings is 1. The van der Waals surface area contributed by atoms with E-state index in [-0.39, 0.29) is 5.97 Å². The molecule has 1 aliphatic rings. The first kappa shape index (κ1) is 19.9. The summed E-state index contributed by atoms with van der Waals surface area (Å²) < 4.78 is 10.7. The van der Waals surface area contributed by atoms with E-state index < -0.39 is 0 Å². The van der Waals surface area contributed by atoms with Crippen molar-refractivity contribution in [1.29, 1.82) is 0 Å². The lowest BCUT2D eigenvalue weighted by atomic mass is 10.2. The summed E-state index contributed by atoms with van der Waals surface area (Å²) in [5.74, 6) is -0.0829. The number of ether oxygens (including phenoxy) is 2. The van der Waals surface area contributed by atoms with Crippen molar-refractivity contribution in [1.82, 2.24) is 9.80 Å². The molecule has 0 N–H and O–H groups in total. The minimum absolute atomic E-state index is 0.0829. The van der Waals surface area contributed by atoms with E-state index in [4.69, 9.17) is 9.47 Å². The van der Waals surface area contributed by atoms with Gasteiger partial charge in [0.15, 0.2) is 0 Å². The maximum atomic E-state index is 11.4. The molecule has 0 aliphatic carbocycles. The van der Waals surface area contributed by atoms with E-state index in [2.05, 4.69) is 21.9 Å². The highest BCUT2D eigenvalue weighted by Crippen LogP contribution is 2.06. The van der Waals surface area contributed by atoms with Crippen LogP contribution in [0.4, 0.5) is 0 Å². The van der Waals surface area contributed by atoms with Crippen LogP contribution in [0.2, 0.25) is 0 Å². The number of nitrogens with zero attached hydrogens (tertiary/aromatic N) is 2. The molecule has 1 fully saturated rings. The molecule has 0 bridgehead atoms. The highest BCUT2D eigenvalue weighted by molar-refractivity contribution is 5.69. The van der Waals surface area contributed by atoms with Crippen molar-refractivity contribution in [3.05, 3.63) is 35.9 Å². The summed E-state index contributed by atoms with van der Waals surface area (Å²) in [6.45, 7) is 10.1. The van der Waals surface area contributed by atoms with Gasteiger partial charge < -0.3 is 19.3 Å². The molecule has 5 heteroatoms. The Morgan fingerprint density at radius 3 is 2.36 bits per heavy atom. The molecule has 0 atom stereocenters. The van der Waals surface area contributed by atoms with Crippen molar-refractivity contribution in [2.45, 2.75) is 32.8 Å². The van der Waals surface area contributed by atoms with Gasteiger partial charge in [-0.25, -0.2) is 0 Å². The molecule has 1 aromatic carbocycles. The van der Waals surface area contributed by atoms with Crippen LogP contribution < -0.4 is 0 Å². The average Bonchev–Trinajstić information content (AvgIpc) is 2.65. The van der Waals surface area contributed by atoms with Gasteiger partial charge in [0, 0.05) is 39.3 Å². The van der Waals surface area contributed by atoms with Crippen LogP contribution in [0.15, 0.2) is 30.3 Å². The van der Waals surface area contributed by atoms with Gasteiger partial charge in [-0.05, 0) is 31.9 Å². The lowest BCUT2D eigenvalue weighted by Crippen LogP contribution is -2.47. The van der Waals surface area contributed by atoms with Crippen molar-refractivity contribution in [2.75, 3.05) is 52.5 Å². The first-order chi connectivity index (χ1) is 12.3. The Balaban J connectivity index is 1.45. The summed E-state index contributed by atoms with van der Waals surface area (Å²) in [5.41, 5.74) is 1.24. The third-order valence-corrected chi connectivity index (χ3v) is 4.53. The Morgan fingerprint density at radius 2 is 1.68 bits per heavy atom. The fraction of sp³-hybridized carbons (Fsp3) is 0.650. The van der Waals surface area contributed by atoms with Crippen molar-refractivity contribution in [3.63, 3.8) is 0 Å². The highest BCUT2D eigenvalue weighted by atomic mass is 16.5. The zero-order chi connectivity index (χ0) is 17.7. The Hall–Kier alpha value is -1.43. The monoisotopic (exact) mass is 348 g/mol. The summed E-state index contributed by atoms with van der Waals surface area (Å²) >= 11 is 0. The molecule has 1 aliphatic heterocycles. The molecule has 5 nitrogen and oxygen atoms in total. The number of esters is 1. The zero-order valence-corrected chi connectivity index (χ0v) is 15.5. The Morgan fingerprint density at radius 1 is 1.00 bits per heavy atom. The van der Waals surface area contributed by atoms with E-state index in [9.17, 15) is 4.79 Å². The van der Waals surface area contributed by atoms with Crippen molar-refractivity contribution in [2.24, 2.45) is 0 Å². The molecule has 25 heavy (non-hydrogen) atoms. The first-order valence-corrected chi connectivity index (χ1v) is 9.50. The van der Waals surface area contributed by atoms with Crippen LogP contribution in [-0.4, -0.2) is 68.3 Å². The zero-order valence-electron chi connectivity index (χ0n) is 15.5. The second-order valence-corrected chi connectivity index (χ2v) is 6.48. The number of unbranched alkanes of at least 4 members (excludes halogenated alkanes) is 1. The van der Waals surface area contributed by atoms with Gasteiger partial charge in [-0.1, -0.05) is 30.3 Å². The molecule has 0 aromatic heterocycles. The van der Waals surface area contributed by atoms with E-state index in [1.54, 1.807) is 0 Å². The van der Waals surface area contributed by atoms with E-state index >= 15 is 0 Å². The van der Waals surface area contributed by atoms with Crippen LogP contribution in [-0.2, 0) is 20.9 Å². The molecule has 0 spiro atoms. The number of carbonyl (C=O) groups excluding carboxylic acids is 1. The quantitative estimate of drug-likeness (QED) is 0.454. The molecule has 0 unspecified atom stereocenters. The minimum atomic E-state index is -0.0829. The highest BCUT2D eigenvalue weighted by Gasteiger charge is 2.17. The molecule has 2 rings (SSSR count). The third-order valence-electron chi connectivity index (χ3n) is 4.53. The van der Waals surface area contributed by atoms with Crippen LogP contribution in [0.1, 0.15) is 31.7 Å². The Kier molecular flexibility index (Phi) is 9.55. The van der Waals surface area contributed by atoms with Crippen LogP contribution in [0.3, 0.4) is 0 Å². The molecular formula is C20H32N2O3. The second kappa shape index (κ2) is 12.0. The van der Waals surface area contributed by atoms with E-state index in [0.29, 0.717) is 19.6 Å². The lowest BCUT2D eigenvalue weighted by Gasteiger charge is -2.34. The molecule has 140 valence electrons. The average molecular weight is 348 g/mol. The summed E-state index contributed by atoms with van der Waals surface area (Å²) in [4.78, 5) is 16.3. The molecule has 0 amide bonds. The van der Waals surface area contributed by atoms with Crippen LogP contribution in [0.25, 0.3) is 0 Å². The van der Waals surface area contributed by atoms with Gasteiger partial charge in [-0.15, -0.1) is 0 Å². The summed E-state index contributed by atoms with van der Waals surface area (Å²) in [5, 5.41) is 0. The van der Waals surface area contributed by atoms with Crippen molar-refractivity contribution >= 4 is 5.97 Å². The van der Waals surface area contributed by atoms with Crippen LogP contribution in [0, 0.1) is 0 Å². The van der Waals surface area contributed by atoms with Crippen LogP contribution in [0.5, 0.6) is 0 Å². The standard InChI is InChI=1S/C20H32N2O3/c1-2-25-20(23)10-12-22-15-13-21(14-16-22)11-6-7-17-24-18-19-8-4-3-5-9-19/h3-5,8-9H,2,6-7,10-18H2,1H3.